The highest BCUT2D eigenvalue weighted by Crippen LogP contribution is 2.10. The highest BCUT2D eigenvalue weighted by atomic mass is 16.4. The molecule has 0 saturated carbocycles. The number of nitrogens with two attached hydrogens (primary N) is 1. The zero-order valence-corrected chi connectivity index (χ0v) is 7.40. The van der Waals surface area contributed by atoms with Crippen LogP contribution in [0.25, 0.3) is 0 Å². The van der Waals surface area contributed by atoms with Crippen LogP contribution in [0.1, 0.15) is 23.7 Å². The smallest absolute Gasteiger partial charge is 0.305 e. The van der Waals surface area contributed by atoms with Crippen molar-refractivity contribution in [2.24, 2.45) is 5.73 Å². The fourth-order valence-corrected chi connectivity index (χ4v) is 0.991. The molecule has 0 fully saturated rings. The first kappa shape index (κ1) is 9.67. The number of nitrogens with zero attached hydrogens (tertiary/aromatic N) is 1. The third kappa shape index (κ3) is 2.83. The van der Waals surface area contributed by atoms with Crippen molar-refractivity contribution in [2.45, 2.75) is 19.4 Å². The van der Waals surface area contributed by atoms with Crippen LogP contribution in [0.2, 0.25) is 0 Å². The molecule has 0 aliphatic heterocycles. The average molecular weight is 180 g/mol. The van der Waals surface area contributed by atoms with Gasteiger partial charge in [0.2, 0.25) is 0 Å². The summed E-state index contributed by atoms with van der Waals surface area (Å²) in [4.78, 5) is 14.4. The highest BCUT2D eigenvalue weighted by Gasteiger charge is 2.10. The number of hydrogen-bond donors (Lipinski definition) is 2. The van der Waals surface area contributed by atoms with E-state index in [1.54, 1.807) is 12.3 Å². The van der Waals surface area contributed by atoms with Crippen molar-refractivity contribution in [1.29, 1.82) is 0 Å². The molecule has 1 aromatic rings. The standard InChI is InChI=1S/C9H12N2O2/c1-6-2-3-8(11-5-6)7(10)4-9(12)13/h2-3,5,7H,4,10H2,1H3,(H,12,13)/t7-/m0/s1. The van der Waals surface area contributed by atoms with Crippen LogP contribution in [0, 0.1) is 6.92 Å². The number of pyridine rings is 1. The van der Waals surface area contributed by atoms with E-state index < -0.39 is 12.0 Å². The number of carbonyl (C=O) groups is 1. The molecule has 0 aliphatic carbocycles. The number of aromatic nitrogens is 1. The van der Waals surface area contributed by atoms with Gasteiger partial charge in [0, 0.05) is 6.20 Å². The number of carboxylic acids is 1. The van der Waals surface area contributed by atoms with Crippen LogP contribution in [0.5, 0.6) is 0 Å². The predicted molar refractivity (Wildman–Crippen MR) is 48.2 cm³/mol. The van der Waals surface area contributed by atoms with Gasteiger partial charge in [-0.1, -0.05) is 6.07 Å². The molecular weight excluding hydrogens is 168 g/mol. The first-order valence-electron chi connectivity index (χ1n) is 3.99. The van der Waals surface area contributed by atoms with Crippen molar-refractivity contribution >= 4 is 5.97 Å². The third-order valence-electron chi connectivity index (χ3n) is 1.71. The maximum absolute atomic E-state index is 10.3. The van der Waals surface area contributed by atoms with Crippen LogP contribution in [0.4, 0.5) is 0 Å². The van der Waals surface area contributed by atoms with Crippen molar-refractivity contribution < 1.29 is 9.90 Å². The van der Waals surface area contributed by atoms with Crippen molar-refractivity contribution in [3.63, 3.8) is 0 Å². The fraction of sp³-hybridized carbons (Fsp3) is 0.333. The summed E-state index contributed by atoms with van der Waals surface area (Å²) in [6, 6.07) is 3.10. The molecule has 0 spiro atoms. The minimum atomic E-state index is -0.908. The molecule has 1 aromatic heterocycles. The summed E-state index contributed by atoms with van der Waals surface area (Å²) in [6.45, 7) is 1.92. The van der Waals surface area contributed by atoms with E-state index in [0.717, 1.165) is 5.56 Å². The van der Waals surface area contributed by atoms with Crippen molar-refractivity contribution in [2.75, 3.05) is 0 Å². The van der Waals surface area contributed by atoms with Crippen LogP contribution in [0.15, 0.2) is 18.3 Å². The summed E-state index contributed by atoms with van der Waals surface area (Å²) < 4.78 is 0. The van der Waals surface area contributed by atoms with Gasteiger partial charge in [0.15, 0.2) is 0 Å². The largest absolute Gasteiger partial charge is 0.481 e. The van der Waals surface area contributed by atoms with Crippen LogP contribution < -0.4 is 5.73 Å². The number of carboxylic acid groups (broad SMARTS) is 1. The molecule has 1 heterocycles. The van der Waals surface area contributed by atoms with Gasteiger partial charge in [0.1, 0.15) is 0 Å². The van der Waals surface area contributed by atoms with Crippen LogP contribution in [-0.4, -0.2) is 16.1 Å². The summed E-state index contributed by atoms with van der Waals surface area (Å²) >= 11 is 0. The molecule has 4 heteroatoms. The zero-order chi connectivity index (χ0) is 9.84. The molecule has 4 nitrogen and oxygen atoms in total. The van der Waals surface area contributed by atoms with E-state index in [0.29, 0.717) is 5.69 Å². The topological polar surface area (TPSA) is 76.2 Å². The van der Waals surface area contributed by atoms with Gasteiger partial charge >= 0.3 is 5.97 Å². The molecule has 0 amide bonds. The van der Waals surface area contributed by atoms with Gasteiger partial charge in [-0.05, 0) is 18.6 Å². The van der Waals surface area contributed by atoms with E-state index in [-0.39, 0.29) is 6.42 Å². The van der Waals surface area contributed by atoms with Gasteiger partial charge in [0.25, 0.3) is 0 Å². The maximum Gasteiger partial charge on any atom is 0.305 e. The summed E-state index contributed by atoms with van der Waals surface area (Å²) in [5, 5.41) is 8.49. The summed E-state index contributed by atoms with van der Waals surface area (Å²) in [7, 11) is 0. The predicted octanol–water partition coefficient (Wildman–Crippen LogP) is 0.865. The molecule has 0 unspecified atom stereocenters. The molecule has 13 heavy (non-hydrogen) atoms. The normalized spacial score (nSPS) is 12.5. The van der Waals surface area contributed by atoms with Crippen LogP contribution >= 0.6 is 0 Å². The third-order valence-corrected chi connectivity index (χ3v) is 1.71. The maximum atomic E-state index is 10.3. The number of hydrogen-bond acceptors (Lipinski definition) is 3. The van der Waals surface area contributed by atoms with E-state index in [4.69, 9.17) is 10.8 Å². The van der Waals surface area contributed by atoms with Crippen molar-refractivity contribution in [3.05, 3.63) is 29.6 Å². The van der Waals surface area contributed by atoms with Crippen molar-refractivity contribution in [1.82, 2.24) is 4.98 Å². The Morgan fingerprint density at radius 2 is 2.38 bits per heavy atom. The highest BCUT2D eigenvalue weighted by molar-refractivity contribution is 5.67. The zero-order valence-electron chi connectivity index (χ0n) is 7.40. The van der Waals surface area contributed by atoms with Crippen LogP contribution in [-0.2, 0) is 4.79 Å². The number of rotatable bonds is 3. The summed E-state index contributed by atoms with van der Waals surface area (Å²) in [5.74, 6) is -0.908. The second kappa shape index (κ2) is 4.00. The quantitative estimate of drug-likeness (QED) is 0.723. The van der Waals surface area contributed by atoms with Crippen molar-refractivity contribution in [3.8, 4) is 0 Å². The van der Waals surface area contributed by atoms with Gasteiger partial charge in [0.05, 0.1) is 18.2 Å². The van der Waals surface area contributed by atoms with Gasteiger partial charge < -0.3 is 10.8 Å². The fourth-order valence-electron chi connectivity index (χ4n) is 0.991. The van der Waals surface area contributed by atoms with Gasteiger partial charge in [-0.15, -0.1) is 0 Å². The Bertz CT molecular complexity index is 295. The van der Waals surface area contributed by atoms with E-state index in [1.165, 1.54) is 0 Å². The first-order valence-corrected chi connectivity index (χ1v) is 3.99. The molecular formula is C9H12N2O2. The Balaban J connectivity index is 2.71. The molecule has 3 N–H and O–H groups in total. The number of aliphatic carboxylic acids is 1. The Labute approximate surface area is 76.4 Å². The monoisotopic (exact) mass is 180 g/mol. The molecule has 0 bridgehead atoms. The second-order valence-electron chi connectivity index (χ2n) is 2.96. The Morgan fingerprint density at radius 1 is 1.69 bits per heavy atom. The average Bonchev–Trinajstić information content (AvgIpc) is 2.04. The molecule has 0 aliphatic rings. The molecule has 1 atom stereocenters. The lowest BCUT2D eigenvalue weighted by atomic mass is 10.1. The van der Waals surface area contributed by atoms with Gasteiger partial charge in [-0.25, -0.2) is 0 Å². The Hall–Kier alpha value is -1.42. The lowest BCUT2D eigenvalue weighted by Gasteiger charge is -2.07. The molecule has 0 radical (unpaired) electrons. The number of aryl methyl sites for hydroxylation is 1. The van der Waals surface area contributed by atoms with Gasteiger partial charge in [-0.2, -0.15) is 0 Å². The first-order chi connectivity index (χ1) is 6.09. The van der Waals surface area contributed by atoms with Crippen LogP contribution in [0.3, 0.4) is 0 Å². The van der Waals surface area contributed by atoms with E-state index >= 15 is 0 Å². The summed E-state index contributed by atoms with van der Waals surface area (Å²) in [6.07, 6.45) is 1.59. The molecule has 0 saturated heterocycles. The minimum absolute atomic E-state index is 0.0872. The second-order valence-corrected chi connectivity index (χ2v) is 2.96. The van der Waals surface area contributed by atoms with E-state index in [2.05, 4.69) is 4.98 Å². The lowest BCUT2D eigenvalue weighted by molar-refractivity contribution is -0.137. The molecule has 0 aromatic carbocycles. The SMILES string of the molecule is Cc1ccc([C@@H](N)CC(=O)O)nc1. The minimum Gasteiger partial charge on any atom is -0.481 e. The molecule has 70 valence electrons. The summed E-state index contributed by atoms with van der Waals surface area (Å²) in [5.41, 5.74) is 7.25. The molecule has 1 rings (SSSR count). The van der Waals surface area contributed by atoms with E-state index in [9.17, 15) is 4.79 Å². The Kier molecular flexibility index (Phi) is 2.97. The van der Waals surface area contributed by atoms with Gasteiger partial charge in [-0.3, -0.25) is 9.78 Å². The van der Waals surface area contributed by atoms with E-state index in [1.807, 2.05) is 13.0 Å². The lowest BCUT2D eigenvalue weighted by Crippen LogP contribution is -2.16. The Morgan fingerprint density at radius 3 is 2.85 bits per heavy atom.